The van der Waals surface area contributed by atoms with Gasteiger partial charge < -0.3 is 19.3 Å². The standard InChI is InChI=1S/C22H28ClN3O4/c1-14(2)13-29-20-17(23)11-16(12-18(20)28-4)7-8-19(27)25-22(9-5-6-10-22)21-24-15(3)30-26-21/h7-8,11-12,14H,5-6,9-10,13H2,1-4H3,(H,25,27)/b8-7+. The molecule has 0 unspecified atom stereocenters. The predicted octanol–water partition coefficient (Wildman–Crippen LogP) is 4.67. The highest BCUT2D eigenvalue weighted by molar-refractivity contribution is 6.32. The third-order valence-electron chi connectivity index (χ3n) is 5.02. The van der Waals surface area contributed by atoms with Gasteiger partial charge in [-0.1, -0.05) is 43.4 Å². The number of hydrogen-bond donors (Lipinski definition) is 1. The number of aromatic nitrogens is 2. The van der Waals surface area contributed by atoms with Crippen molar-refractivity contribution in [3.63, 3.8) is 0 Å². The summed E-state index contributed by atoms with van der Waals surface area (Å²) < 4.78 is 16.3. The number of hydrogen-bond acceptors (Lipinski definition) is 6. The van der Waals surface area contributed by atoms with E-state index in [1.54, 1.807) is 32.2 Å². The summed E-state index contributed by atoms with van der Waals surface area (Å²) in [6.45, 7) is 6.39. The van der Waals surface area contributed by atoms with E-state index in [4.69, 9.17) is 25.6 Å². The third kappa shape index (κ3) is 5.14. The third-order valence-corrected chi connectivity index (χ3v) is 5.30. The molecule has 0 spiro atoms. The fourth-order valence-electron chi connectivity index (χ4n) is 3.55. The van der Waals surface area contributed by atoms with E-state index in [0.717, 1.165) is 31.2 Å². The average Bonchev–Trinajstić information content (AvgIpc) is 3.34. The Balaban J connectivity index is 1.74. The summed E-state index contributed by atoms with van der Waals surface area (Å²) in [7, 11) is 1.56. The molecule has 8 heteroatoms. The van der Waals surface area contributed by atoms with Gasteiger partial charge in [0.1, 0.15) is 5.54 Å². The molecule has 1 aliphatic carbocycles. The number of aryl methyl sites for hydroxylation is 1. The Morgan fingerprint density at radius 2 is 2.10 bits per heavy atom. The van der Waals surface area contributed by atoms with E-state index in [0.29, 0.717) is 40.8 Å². The summed E-state index contributed by atoms with van der Waals surface area (Å²) in [5.41, 5.74) is 0.156. The number of benzene rings is 1. The molecular formula is C22H28ClN3O4. The molecule has 162 valence electrons. The predicted molar refractivity (Wildman–Crippen MR) is 115 cm³/mol. The van der Waals surface area contributed by atoms with Crippen LogP contribution in [-0.4, -0.2) is 29.8 Å². The van der Waals surface area contributed by atoms with Gasteiger partial charge in [0.2, 0.25) is 11.8 Å². The van der Waals surface area contributed by atoms with Crippen molar-refractivity contribution in [2.75, 3.05) is 13.7 Å². The van der Waals surface area contributed by atoms with Gasteiger partial charge in [-0.25, -0.2) is 0 Å². The van der Waals surface area contributed by atoms with Gasteiger partial charge in [0.05, 0.1) is 18.7 Å². The quantitative estimate of drug-likeness (QED) is 0.608. The van der Waals surface area contributed by atoms with E-state index in [2.05, 4.69) is 29.3 Å². The summed E-state index contributed by atoms with van der Waals surface area (Å²) in [6, 6.07) is 3.54. The van der Waals surface area contributed by atoms with E-state index in [-0.39, 0.29) is 5.91 Å². The van der Waals surface area contributed by atoms with E-state index < -0.39 is 5.54 Å². The van der Waals surface area contributed by atoms with Crippen LogP contribution in [0.15, 0.2) is 22.7 Å². The Bertz CT molecular complexity index is 917. The van der Waals surface area contributed by atoms with Crippen LogP contribution in [0.5, 0.6) is 11.5 Å². The zero-order chi connectivity index (χ0) is 21.7. The van der Waals surface area contributed by atoms with Crippen molar-refractivity contribution in [1.29, 1.82) is 0 Å². The summed E-state index contributed by atoms with van der Waals surface area (Å²) in [4.78, 5) is 17.0. The smallest absolute Gasteiger partial charge is 0.244 e. The number of halogens is 1. The minimum absolute atomic E-state index is 0.227. The van der Waals surface area contributed by atoms with Crippen LogP contribution < -0.4 is 14.8 Å². The van der Waals surface area contributed by atoms with Gasteiger partial charge in [0.25, 0.3) is 0 Å². The SMILES string of the molecule is COc1cc(/C=C/C(=O)NC2(c3noc(C)n3)CCCC2)cc(Cl)c1OCC(C)C. The van der Waals surface area contributed by atoms with Gasteiger partial charge in [-0.05, 0) is 42.5 Å². The lowest BCUT2D eigenvalue weighted by atomic mass is 9.96. The van der Waals surface area contributed by atoms with Crippen molar-refractivity contribution >= 4 is 23.6 Å². The van der Waals surface area contributed by atoms with Crippen LogP contribution in [0.25, 0.3) is 6.08 Å². The first-order chi connectivity index (χ1) is 14.3. The van der Waals surface area contributed by atoms with Crippen LogP contribution in [0.1, 0.15) is 56.8 Å². The number of methoxy groups -OCH3 is 1. The lowest BCUT2D eigenvalue weighted by Gasteiger charge is -2.26. The molecule has 0 radical (unpaired) electrons. The second-order valence-corrected chi connectivity index (χ2v) is 8.39. The highest BCUT2D eigenvalue weighted by Crippen LogP contribution is 2.38. The minimum Gasteiger partial charge on any atom is -0.493 e. The first kappa shape index (κ1) is 22.2. The molecule has 1 fully saturated rings. The average molecular weight is 434 g/mol. The van der Waals surface area contributed by atoms with Gasteiger partial charge in [0, 0.05) is 13.0 Å². The Morgan fingerprint density at radius 1 is 1.37 bits per heavy atom. The molecule has 0 aliphatic heterocycles. The lowest BCUT2D eigenvalue weighted by Crippen LogP contribution is -2.44. The molecule has 1 saturated carbocycles. The maximum absolute atomic E-state index is 12.7. The van der Waals surface area contributed by atoms with E-state index >= 15 is 0 Å². The zero-order valence-electron chi connectivity index (χ0n) is 17.8. The van der Waals surface area contributed by atoms with Crippen LogP contribution in [0, 0.1) is 12.8 Å². The number of rotatable bonds is 8. The van der Waals surface area contributed by atoms with Gasteiger partial charge in [-0.3, -0.25) is 4.79 Å². The Hall–Kier alpha value is -2.54. The fourth-order valence-corrected chi connectivity index (χ4v) is 3.83. The second kappa shape index (κ2) is 9.51. The summed E-state index contributed by atoms with van der Waals surface area (Å²) in [6.07, 6.45) is 6.75. The Kier molecular flexibility index (Phi) is 7.02. The number of amides is 1. The second-order valence-electron chi connectivity index (χ2n) is 7.99. The highest BCUT2D eigenvalue weighted by atomic mass is 35.5. The van der Waals surface area contributed by atoms with Crippen molar-refractivity contribution in [2.45, 2.75) is 52.0 Å². The molecule has 1 aromatic heterocycles. The van der Waals surface area contributed by atoms with E-state index in [9.17, 15) is 4.79 Å². The molecule has 30 heavy (non-hydrogen) atoms. The summed E-state index contributed by atoms with van der Waals surface area (Å²) in [5, 5.41) is 7.56. The number of nitrogens with one attached hydrogen (secondary N) is 1. The molecule has 1 aliphatic rings. The molecule has 1 heterocycles. The van der Waals surface area contributed by atoms with Crippen LogP contribution in [0.3, 0.4) is 0 Å². The van der Waals surface area contributed by atoms with Crippen LogP contribution >= 0.6 is 11.6 Å². The van der Waals surface area contributed by atoms with E-state index in [1.165, 1.54) is 6.08 Å². The molecule has 0 atom stereocenters. The lowest BCUT2D eigenvalue weighted by molar-refractivity contribution is -0.118. The number of nitrogens with zero attached hydrogens (tertiary/aromatic N) is 2. The molecule has 2 aromatic rings. The molecule has 1 aromatic carbocycles. The maximum Gasteiger partial charge on any atom is 0.244 e. The molecule has 3 rings (SSSR count). The van der Waals surface area contributed by atoms with Crippen molar-refractivity contribution in [1.82, 2.24) is 15.5 Å². The minimum atomic E-state index is -0.580. The molecular weight excluding hydrogens is 406 g/mol. The monoisotopic (exact) mass is 433 g/mol. The topological polar surface area (TPSA) is 86.5 Å². The molecule has 1 N–H and O–H groups in total. The molecule has 7 nitrogen and oxygen atoms in total. The first-order valence-corrected chi connectivity index (χ1v) is 10.5. The Morgan fingerprint density at radius 3 is 2.70 bits per heavy atom. The zero-order valence-corrected chi connectivity index (χ0v) is 18.6. The van der Waals surface area contributed by atoms with Crippen LogP contribution in [0.2, 0.25) is 5.02 Å². The van der Waals surface area contributed by atoms with Crippen molar-refractivity contribution in [3.05, 3.63) is 40.5 Å². The van der Waals surface area contributed by atoms with Gasteiger partial charge in [-0.15, -0.1) is 0 Å². The number of ether oxygens (including phenoxy) is 2. The molecule has 0 bridgehead atoms. The van der Waals surface area contributed by atoms with Gasteiger partial charge in [-0.2, -0.15) is 4.98 Å². The fraction of sp³-hybridized carbons (Fsp3) is 0.500. The van der Waals surface area contributed by atoms with Gasteiger partial charge in [0.15, 0.2) is 17.3 Å². The first-order valence-electron chi connectivity index (χ1n) is 10.1. The Labute approximate surface area is 181 Å². The summed E-state index contributed by atoms with van der Waals surface area (Å²) >= 11 is 6.39. The van der Waals surface area contributed by atoms with Crippen LogP contribution in [0.4, 0.5) is 0 Å². The van der Waals surface area contributed by atoms with E-state index in [1.807, 2.05) is 0 Å². The largest absolute Gasteiger partial charge is 0.493 e. The maximum atomic E-state index is 12.7. The normalized spacial score (nSPS) is 15.7. The van der Waals surface area contributed by atoms with Gasteiger partial charge >= 0.3 is 0 Å². The highest BCUT2D eigenvalue weighted by Gasteiger charge is 2.40. The van der Waals surface area contributed by atoms with Crippen molar-refractivity contribution < 1.29 is 18.8 Å². The van der Waals surface area contributed by atoms with Crippen molar-refractivity contribution in [3.8, 4) is 11.5 Å². The summed E-state index contributed by atoms with van der Waals surface area (Å²) in [5.74, 6) is 2.19. The number of carbonyl (C=O) groups is 1. The molecule has 1 amide bonds. The van der Waals surface area contributed by atoms with Crippen molar-refractivity contribution in [2.24, 2.45) is 5.92 Å². The molecule has 0 saturated heterocycles. The number of carbonyl (C=O) groups excluding carboxylic acids is 1. The van der Waals surface area contributed by atoms with Crippen LogP contribution in [-0.2, 0) is 10.3 Å².